The number of benzene rings is 4. The maximum Gasteiger partial charge on any atom is 0.364 e. The first-order valence-electron chi connectivity index (χ1n) is 17.3. The minimum absolute atomic E-state index is 0.0101. The quantitative estimate of drug-likeness (QED) is 0.0593. The number of ketones is 1. The zero-order valence-corrected chi connectivity index (χ0v) is 31.9. The zero-order valence-electron chi connectivity index (χ0n) is 30.0. The molecule has 1 saturated heterocycles. The molecular formula is C41H46N2O7P2. The number of anilines is 2. The Bertz CT molecular complexity index is 1890. The molecule has 2 unspecified atom stereocenters. The summed E-state index contributed by atoms with van der Waals surface area (Å²) >= 11 is 0. The Labute approximate surface area is 308 Å². The molecule has 0 bridgehead atoms. The molecule has 0 saturated carbocycles. The van der Waals surface area contributed by atoms with Crippen LogP contribution >= 0.6 is 16.4 Å². The molecule has 1 aliphatic rings. The van der Waals surface area contributed by atoms with E-state index in [1.165, 1.54) is 6.08 Å². The molecule has 5 rings (SSSR count). The summed E-state index contributed by atoms with van der Waals surface area (Å²) in [6.45, 7) is 7.96. The molecule has 0 spiro atoms. The largest absolute Gasteiger partial charge is 0.364 e. The summed E-state index contributed by atoms with van der Waals surface area (Å²) in [7, 11) is -3.75. The van der Waals surface area contributed by atoms with Crippen molar-refractivity contribution in [3.05, 3.63) is 126 Å². The maximum absolute atomic E-state index is 14.5. The van der Waals surface area contributed by atoms with Gasteiger partial charge in [0.15, 0.2) is 5.78 Å². The number of carbonyl (C=O) groups is 3. The van der Waals surface area contributed by atoms with E-state index in [2.05, 4.69) is 4.67 Å². The van der Waals surface area contributed by atoms with Crippen molar-refractivity contribution < 1.29 is 33.2 Å². The molecule has 11 heteroatoms. The van der Waals surface area contributed by atoms with Gasteiger partial charge in [-0.2, -0.15) is 4.67 Å². The number of allylic oxidation sites excluding steroid dienone is 1. The number of para-hydroxylation sites is 1. The van der Waals surface area contributed by atoms with Gasteiger partial charge in [-0.1, -0.05) is 112 Å². The van der Waals surface area contributed by atoms with Gasteiger partial charge in [-0.25, -0.2) is 5.26 Å². The number of rotatable bonds is 14. The summed E-state index contributed by atoms with van der Waals surface area (Å²) in [5.41, 5.74) is 4.36. The first-order chi connectivity index (χ1) is 24.9. The van der Waals surface area contributed by atoms with Crippen LogP contribution in [0.5, 0.6) is 0 Å². The van der Waals surface area contributed by atoms with Crippen LogP contribution in [0.3, 0.4) is 0 Å². The molecule has 272 valence electrons. The number of hydrogen-bond acceptors (Lipinski definition) is 7. The Morgan fingerprint density at radius 3 is 2.10 bits per heavy atom. The van der Waals surface area contributed by atoms with Crippen molar-refractivity contribution in [1.29, 1.82) is 0 Å². The molecule has 0 aliphatic carbocycles. The summed E-state index contributed by atoms with van der Waals surface area (Å²) in [6, 6.07) is 33.7. The Morgan fingerprint density at radius 1 is 0.904 bits per heavy atom. The van der Waals surface area contributed by atoms with Crippen molar-refractivity contribution >= 4 is 51.5 Å². The van der Waals surface area contributed by atoms with Crippen molar-refractivity contribution in [3.8, 4) is 11.1 Å². The summed E-state index contributed by atoms with van der Waals surface area (Å²) in [6.07, 6.45) is 4.25. The minimum Gasteiger partial charge on any atom is -0.330 e. The second kappa shape index (κ2) is 17.5. The zero-order chi connectivity index (χ0) is 37.3. The van der Waals surface area contributed by atoms with Crippen LogP contribution in [0, 0.1) is 11.3 Å². The standard InChI is InChI=1S/C41H46N2O7P2/c1-41(2,3)37(28-36(44)26-21-30-17-19-31(20-18-30)29-52(48,49-47)50-51-4)39(45)42-27-11-16-38(42)40(46)43(34-14-9-6-10-15-34)35-24-22-33(23-25-35)32-12-7-5-8-13-32/h5-10,12-15,17-26,37-38,47,51H,11,16,27-29H2,1-4H3/b26-21+/t37-,38+,52?/m1/s1. The highest BCUT2D eigenvalue weighted by Gasteiger charge is 2.43. The lowest BCUT2D eigenvalue weighted by atomic mass is 9.76. The van der Waals surface area contributed by atoms with E-state index in [4.69, 9.17) is 9.57 Å². The number of likely N-dealkylation sites (tertiary alicyclic amines) is 1. The Kier molecular flexibility index (Phi) is 13.1. The fraction of sp³-hybridized carbons (Fsp3) is 0.293. The van der Waals surface area contributed by atoms with Crippen molar-refractivity contribution in [2.45, 2.75) is 52.2 Å². The number of nitrogens with zero attached hydrogens (tertiary/aromatic N) is 2. The number of amides is 2. The predicted molar refractivity (Wildman–Crippen MR) is 209 cm³/mol. The van der Waals surface area contributed by atoms with Gasteiger partial charge in [-0.15, -0.1) is 0 Å². The van der Waals surface area contributed by atoms with Crippen molar-refractivity contribution in [2.75, 3.05) is 18.1 Å². The van der Waals surface area contributed by atoms with Gasteiger partial charge >= 0.3 is 7.60 Å². The first-order valence-corrected chi connectivity index (χ1v) is 20.5. The predicted octanol–water partition coefficient (Wildman–Crippen LogP) is 9.77. The smallest absolute Gasteiger partial charge is 0.330 e. The van der Waals surface area contributed by atoms with E-state index in [0.717, 1.165) is 16.7 Å². The van der Waals surface area contributed by atoms with E-state index in [1.807, 2.05) is 106 Å². The Balaban J connectivity index is 1.32. The van der Waals surface area contributed by atoms with Crippen molar-refractivity contribution in [1.82, 2.24) is 4.90 Å². The first kappa shape index (κ1) is 39.0. The lowest BCUT2D eigenvalue weighted by Gasteiger charge is -2.36. The molecule has 4 atom stereocenters. The van der Waals surface area contributed by atoms with Gasteiger partial charge in [0, 0.05) is 33.1 Å². The van der Waals surface area contributed by atoms with E-state index in [0.29, 0.717) is 36.3 Å². The summed E-state index contributed by atoms with van der Waals surface area (Å²) in [5, 5.41) is 9.04. The highest BCUT2D eigenvalue weighted by atomic mass is 31.2. The van der Waals surface area contributed by atoms with E-state index >= 15 is 0 Å². The highest BCUT2D eigenvalue weighted by molar-refractivity contribution is 7.59. The van der Waals surface area contributed by atoms with Crippen LogP contribution in [0.1, 0.15) is 51.2 Å². The third-order valence-corrected chi connectivity index (χ3v) is 12.1. The fourth-order valence-electron chi connectivity index (χ4n) is 6.45. The normalized spacial score (nSPS) is 16.6. The van der Waals surface area contributed by atoms with Gasteiger partial charge in [0.25, 0.3) is 5.91 Å². The second-order valence-electron chi connectivity index (χ2n) is 13.9. The van der Waals surface area contributed by atoms with Gasteiger partial charge in [0.2, 0.25) is 5.91 Å². The molecular weight excluding hydrogens is 694 g/mol. The van der Waals surface area contributed by atoms with Crippen molar-refractivity contribution in [2.24, 2.45) is 11.3 Å². The maximum atomic E-state index is 14.5. The van der Waals surface area contributed by atoms with Gasteiger partial charge in [0.1, 0.15) is 6.04 Å². The third-order valence-electron chi connectivity index (χ3n) is 9.21. The van der Waals surface area contributed by atoms with Gasteiger partial charge in [-0.3, -0.25) is 28.2 Å². The molecule has 9 nitrogen and oxygen atoms in total. The lowest BCUT2D eigenvalue weighted by molar-refractivity contribution is -0.145. The molecule has 4 aromatic rings. The fourth-order valence-corrected chi connectivity index (χ4v) is 8.67. The van der Waals surface area contributed by atoms with Crippen LogP contribution in [-0.2, 0) is 34.1 Å². The average molecular weight is 741 g/mol. The molecule has 1 fully saturated rings. The molecule has 1 N–H and O–H groups in total. The SMILES string of the molecule is CPOP(=O)(Cc1ccc(/C=C/C(=O)C[C@H](C(=O)N2CCC[C@H]2C(=O)N(c2ccccc2)c2ccc(-c3ccccc3)cc2)C(C)(C)C)cc1)OO. The van der Waals surface area contributed by atoms with Gasteiger partial charge in [-0.05, 0) is 77.5 Å². The second-order valence-corrected chi connectivity index (χ2v) is 16.8. The van der Waals surface area contributed by atoms with Crippen LogP contribution in [0.2, 0.25) is 0 Å². The van der Waals surface area contributed by atoms with E-state index in [9.17, 15) is 18.9 Å². The van der Waals surface area contributed by atoms with Crippen LogP contribution in [-0.4, -0.2) is 47.0 Å². The van der Waals surface area contributed by atoms with Crippen LogP contribution in [0.15, 0.2) is 115 Å². The summed E-state index contributed by atoms with van der Waals surface area (Å²) in [5.74, 6) is -1.25. The summed E-state index contributed by atoms with van der Waals surface area (Å²) in [4.78, 5) is 45.6. The van der Waals surface area contributed by atoms with E-state index in [1.54, 1.807) is 46.8 Å². The molecule has 0 aromatic heterocycles. The molecule has 0 radical (unpaired) electrons. The topological polar surface area (TPSA) is 113 Å². The molecule has 4 aromatic carbocycles. The van der Waals surface area contributed by atoms with Gasteiger partial charge in [0.05, 0.1) is 12.1 Å². The van der Waals surface area contributed by atoms with Crippen LogP contribution < -0.4 is 4.90 Å². The third kappa shape index (κ3) is 9.80. The lowest BCUT2D eigenvalue weighted by Crippen LogP contribution is -2.50. The highest BCUT2D eigenvalue weighted by Crippen LogP contribution is 2.54. The molecule has 1 heterocycles. The van der Waals surface area contributed by atoms with Crippen LogP contribution in [0.25, 0.3) is 17.2 Å². The van der Waals surface area contributed by atoms with E-state index < -0.39 is 25.0 Å². The van der Waals surface area contributed by atoms with Crippen molar-refractivity contribution in [3.63, 3.8) is 0 Å². The van der Waals surface area contributed by atoms with E-state index in [-0.39, 0.29) is 39.0 Å². The average Bonchev–Trinajstić information content (AvgIpc) is 3.65. The molecule has 2 amide bonds. The minimum atomic E-state index is -3.64. The number of hydrogen-bond donors (Lipinski definition) is 1. The summed E-state index contributed by atoms with van der Waals surface area (Å²) < 4.78 is 21.7. The number of carbonyl (C=O) groups excluding carboxylic acids is 3. The Morgan fingerprint density at radius 2 is 1.50 bits per heavy atom. The monoisotopic (exact) mass is 740 g/mol. The molecule has 52 heavy (non-hydrogen) atoms. The molecule has 1 aliphatic heterocycles. The van der Waals surface area contributed by atoms with Gasteiger partial charge < -0.3 is 4.90 Å². The van der Waals surface area contributed by atoms with Crippen LogP contribution in [0.4, 0.5) is 11.4 Å². The Hall–Kier alpha value is -4.23.